The summed E-state index contributed by atoms with van der Waals surface area (Å²) in [6.07, 6.45) is 0.708. The fraction of sp³-hybridized carbons (Fsp3) is 0.300. The van der Waals surface area contributed by atoms with Gasteiger partial charge in [0, 0.05) is 23.0 Å². The van der Waals surface area contributed by atoms with Crippen LogP contribution in [0.4, 0.5) is 5.69 Å². The number of hydrogen-bond acceptors (Lipinski definition) is 3. The largest absolute Gasteiger partial charge is 0.492 e. The summed E-state index contributed by atoms with van der Waals surface area (Å²) in [5, 5.41) is 6.82. The van der Waals surface area contributed by atoms with Crippen LogP contribution in [-0.2, 0) is 4.79 Å². The van der Waals surface area contributed by atoms with Gasteiger partial charge in [-0.05, 0) is 56.7 Å². The van der Waals surface area contributed by atoms with Crippen LogP contribution in [0, 0.1) is 0 Å². The molecule has 0 aliphatic rings. The van der Waals surface area contributed by atoms with Crippen LogP contribution in [0.25, 0.3) is 0 Å². The minimum absolute atomic E-state index is 0.00960. The van der Waals surface area contributed by atoms with Crippen LogP contribution in [0.1, 0.15) is 37.0 Å². The van der Waals surface area contributed by atoms with E-state index in [2.05, 4.69) is 10.6 Å². The maximum Gasteiger partial charge on any atom is 0.251 e. The van der Waals surface area contributed by atoms with Gasteiger partial charge in [-0.1, -0.05) is 34.8 Å². The molecular weight excluding hydrogens is 423 g/mol. The molecule has 2 N–H and O–H groups in total. The van der Waals surface area contributed by atoms with Gasteiger partial charge in [-0.25, -0.2) is 0 Å². The van der Waals surface area contributed by atoms with E-state index in [0.717, 1.165) is 0 Å². The lowest BCUT2D eigenvalue weighted by Crippen LogP contribution is -2.30. The van der Waals surface area contributed by atoms with Crippen molar-refractivity contribution in [3.63, 3.8) is 0 Å². The summed E-state index contributed by atoms with van der Waals surface area (Å²) in [5.41, 5.74) is 0.818. The number of anilines is 1. The van der Waals surface area contributed by atoms with Gasteiger partial charge in [0.15, 0.2) is 0 Å². The molecule has 2 aromatic carbocycles. The maximum atomic E-state index is 12.2. The van der Waals surface area contributed by atoms with Crippen molar-refractivity contribution in [2.45, 2.75) is 32.7 Å². The Morgan fingerprint density at radius 1 is 1.04 bits per heavy atom. The molecule has 0 unspecified atom stereocenters. The van der Waals surface area contributed by atoms with Gasteiger partial charge in [0.25, 0.3) is 5.91 Å². The van der Waals surface area contributed by atoms with E-state index in [1.165, 1.54) is 0 Å². The standard InChI is InChI=1S/C20H21Cl3N2O3/c1-12(2)24-20(27)13-5-7-15(22)17(10-13)25-19(26)4-3-9-28-18-8-6-14(21)11-16(18)23/h5-8,10-12H,3-4,9H2,1-2H3,(H,24,27)(H,25,26). The molecule has 0 bridgehead atoms. The van der Waals surface area contributed by atoms with Crippen molar-refractivity contribution in [3.8, 4) is 5.75 Å². The number of halogens is 3. The molecule has 150 valence electrons. The lowest BCUT2D eigenvalue weighted by molar-refractivity contribution is -0.116. The molecular formula is C20H21Cl3N2O3. The molecule has 28 heavy (non-hydrogen) atoms. The zero-order valence-corrected chi connectivity index (χ0v) is 17.8. The SMILES string of the molecule is CC(C)NC(=O)c1ccc(Cl)c(NC(=O)CCCOc2ccc(Cl)cc2Cl)c1. The molecule has 5 nitrogen and oxygen atoms in total. The average molecular weight is 444 g/mol. The number of benzene rings is 2. The summed E-state index contributed by atoms with van der Waals surface area (Å²) in [6, 6.07) is 9.71. The zero-order valence-electron chi connectivity index (χ0n) is 15.5. The summed E-state index contributed by atoms with van der Waals surface area (Å²) in [7, 11) is 0. The monoisotopic (exact) mass is 442 g/mol. The van der Waals surface area contributed by atoms with Gasteiger partial charge in [-0.3, -0.25) is 9.59 Å². The second kappa shape index (κ2) is 10.6. The fourth-order valence-electron chi connectivity index (χ4n) is 2.33. The molecule has 0 atom stereocenters. The van der Waals surface area contributed by atoms with Crippen molar-refractivity contribution in [1.82, 2.24) is 5.32 Å². The third kappa shape index (κ3) is 6.89. The van der Waals surface area contributed by atoms with Gasteiger partial charge in [0.05, 0.1) is 22.3 Å². The molecule has 0 aliphatic carbocycles. The Morgan fingerprint density at radius 2 is 1.79 bits per heavy atom. The molecule has 2 rings (SSSR count). The van der Waals surface area contributed by atoms with Crippen molar-refractivity contribution in [2.75, 3.05) is 11.9 Å². The van der Waals surface area contributed by atoms with Crippen molar-refractivity contribution >= 4 is 52.3 Å². The third-order valence-electron chi connectivity index (χ3n) is 3.62. The van der Waals surface area contributed by atoms with Crippen molar-refractivity contribution in [2.24, 2.45) is 0 Å². The fourth-order valence-corrected chi connectivity index (χ4v) is 2.96. The topological polar surface area (TPSA) is 67.4 Å². The van der Waals surface area contributed by atoms with E-state index >= 15 is 0 Å². The first kappa shape index (κ1) is 22.3. The van der Waals surface area contributed by atoms with Gasteiger partial charge < -0.3 is 15.4 Å². The molecule has 0 aliphatic heterocycles. The van der Waals surface area contributed by atoms with Crippen molar-refractivity contribution in [3.05, 3.63) is 57.0 Å². The van der Waals surface area contributed by atoms with Crippen molar-refractivity contribution < 1.29 is 14.3 Å². The Bertz CT molecular complexity index is 857. The summed E-state index contributed by atoms with van der Waals surface area (Å²) in [4.78, 5) is 24.3. The second-order valence-electron chi connectivity index (χ2n) is 6.40. The highest BCUT2D eigenvalue weighted by atomic mass is 35.5. The van der Waals surface area contributed by atoms with Gasteiger partial charge >= 0.3 is 0 Å². The number of amides is 2. The first-order chi connectivity index (χ1) is 13.3. The Balaban J connectivity index is 1.86. The summed E-state index contributed by atoms with van der Waals surface area (Å²) in [6.45, 7) is 4.06. The molecule has 0 heterocycles. The Hall–Kier alpha value is -1.95. The molecule has 2 amide bonds. The van der Waals surface area contributed by atoms with Crippen molar-refractivity contribution in [1.29, 1.82) is 0 Å². The molecule has 0 aromatic heterocycles. The number of ether oxygens (including phenoxy) is 1. The number of carbonyl (C=O) groups excluding carboxylic acids is 2. The first-order valence-corrected chi connectivity index (χ1v) is 9.87. The second-order valence-corrected chi connectivity index (χ2v) is 7.65. The molecule has 0 fully saturated rings. The van der Waals surface area contributed by atoms with Crippen LogP contribution < -0.4 is 15.4 Å². The van der Waals surface area contributed by atoms with Gasteiger partial charge in [-0.2, -0.15) is 0 Å². The summed E-state index contributed by atoms with van der Waals surface area (Å²) < 4.78 is 5.55. The highest BCUT2D eigenvalue weighted by Gasteiger charge is 2.12. The molecule has 2 aromatic rings. The van der Waals surface area contributed by atoms with E-state index in [0.29, 0.717) is 45.1 Å². The third-order valence-corrected chi connectivity index (χ3v) is 4.48. The van der Waals surface area contributed by atoms with Crippen LogP contribution in [0.15, 0.2) is 36.4 Å². The first-order valence-electron chi connectivity index (χ1n) is 8.74. The molecule has 0 spiro atoms. The van der Waals surface area contributed by atoms with Crippen LogP contribution in [0.3, 0.4) is 0 Å². The molecule has 0 radical (unpaired) electrons. The lowest BCUT2D eigenvalue weighted by atomic mass is 10.1. The predicted molar refractivity (Wildman–Crippen MR) is 114 cm³/mol. The van der Waals surface area contributed by atoms with Crippen LogP contribution in [-0.4, -0.2) is 24.5 Å². The Kier molecular flexibility index (Phi) is 8.42. The van der Waals surface area contributed by atoms with E-state index in [-0.39, 0.29) is 24.3 Å². The number of rotatable bonds is 8. The van der Waals surface area contributed by atoms with E-state index in [9.17, 15) is 9.59 Å². The minimum atomic E-state index is -0.228. The minimum Gasteiger partial charge on any atom is -0.492 e. The number of hydrogen-bond donors (Lipinski definition) is 2. The summed E-state index contributed by atoms with van der Waals surface area (Å²) in [5.74, 6) is 0.0583. The molecule has 0 saturated carbocycles. The van der Waals surface area contributed by atoms with Crippen LogP contribution >= 0.6 is 34.8 Å². The van der Waals surface area contributed by atoms with E-state index in [4.69, 9.17) is 39.5 Å². The Labute approximate surface area is 179 Å². The highest BCUT2D eigenvalue weighted by Crippen LogP contribution is 2.27. The summed E-state index contributed by atoms with van der Waals surface area (Å²) >= 11 is 18.0. The van der Waals surface area contributed by atoms with Gasteiger partial charge in [0.2, 0.25) is 5.91 Å². The van der Waals surface area contributed by atoms with Crippen LogP contribution in [0.5, 0.6) is 5.75 Å². The van der Waals surface area contributed by atoms with E-state index < -0.39 is 0 Å². The van der Waals surface area contributed by atoms with Gasteiger partial charge in [0.1, 0.15) is 5.75 Å². The normalized spacial score (nSPS) is 10.6. The van der Waals surface area contributed by atoms with Crippen LogP contribution in [0.2, 0.25) is 15.1 Å². The molecule has 0 saturated heterocycles. The Morgan fingerprint density at radius 3 is 2.46 bits per heavy atom. The number of carbonyl (C=O) groups is 2. The van der Waals surface area contributed by atoms with E-state index in [1.54, 1.807) is 36.4 Å². The lowest BCUT2D eigenvalue weighted by Gasteiger charge is -2.12. The smallest absolute Gasteiger partial charge is 0.251 e. The van der Waals surface area contributed by atoms with Gasteiger partial charge in [-0.15, -0.1) is 0 Å². The van der Waals surface area contributed by atoms with E-state index in [1.807, 2.05) is 13.8 Å². The number of nitrogens with one attached hydrogen (secondary N) is 2. The maximum absolute atomic E-state index is 12.2. The predicted octanol–water partition coefficient (Wildman–Crippen LogP) is 5.58. The quantitative estimate of drug-likeness (QED) is 0.523. The molecule has 8 heteroatoms. The highest BCUT2D eigenvalue weighted by molar-refractivity contribution is 6.35. The average Bonchev–Trinajstić information content (AvgIpc) is 2.61. The zero-order chi connectivity index (χ0) is 20.7.